The first-order valence-electron chi connectivity index (χ1n) is 5.99. The van der Waals surface area contributed by atoms with Gasteiger partial charge in [-0.15, -0.1) is 0 Å². The minimum absolute atomic E-state index is 0.215. The molecule has 1 aromatic carbocycles. The fourth-order valence-electron chi connectivity index (χ4n) is 1.92. The molecule has 0 spiro atoms. The van der Waals surface area contributed by atoms with E-state index in [-0.39, 0.29) is 5.56 Å². The number of ether oxygens (including phenoxy) is 4. The number of rotatable bonds is 5. The molecule has 0 saturated heterocycles. The van der Waals surface area contributed by atoms with Crippen molar-refractivity contribution < 1.29 is 28.3 Å². The number of carbonyl (C=O) groups excluding carboxylic acids is 1. The average Bonchev–Trinajstić information content (AvgIpc) is 3.02. The molecule has 1 aromatic heterocycles. The molecule has 0 N–H and O–H groups in total. The second-order valence-electron chi connectivity index (χ2n) is 3.98. The predicted molar refractivity (Wildman–Crippen MR) is 72.9 cm³/mol. The van der Waals surface area contributed by atoms with Crippen LogP contribution in [0.15, 0.2) is 22.9 Å². The lowest BCUT2D eigenvalue weighted by Gasteiger charge is -2.13. The van der Waals surface area contributed by atoms with Crippen molar-refractivity contribution in [2.75, 3.05) is 28.4 Å². The Hall–Kier alpha value is -2.70. The van der Waals surface area contributed by atoms with Crippen LogP contribution in [0.2, 0.25) is 0 Å². The van der Waals surface area contributed by atoms with E-state index in [1.54, 1.807) is 12.1 Å². The van der Waals surface area contributed by atoms with Crippen LogP contribution in [0.25, 0.3) is 11.3 Å². The van der Waals surface area contributed by atoms with Gasteiger partial charge in [-0.05, 0) is 12.1 Å². The monoisotopic (exact) mass is 293 g/mol. The number of hydrogen-bond acceptors (Lipinski definition) is 7. The highest BCUT2D eigenvalue weighted by Crippen LogP contribution is 2.41. The van der Waals surface area contributed by atoms with E-state index >= 15 is 0 Å². The first-order chi connectivity index (χ1) is 10.2. The zero-order chi connectivity index (χ0) is 15.4. The molecule has 0 aliphatic carbocycles. The van der Waals surface area contributed by atoms with Crippen molar-refractivity contribution in [2.45, 2.75) is 0 Å². The van der Waals surface area contributed by atoms with E-state index in [1.807, 2.05) is 0 Å². The Morgan fingerprint density at radius 1 is 1.05 bits per heavy atom. The molecule has 0 amide bonds. The maximum atomic E-state index is 11.7. The van der Waals surface area contributed by atoms with Crippen molar-refractivity contribution in [3.63, 3.8) is 0 Å². The van der Waals surface area contributed by atoms with Crippen molar-refractivity contribution in [1.82, 2.24) is 5.16 Å². The Morgan fingerprint density at radius 2 is 1.67 bits per heavy atom. The van der Waals surface area contributed by atoms with Crippen LogP contribution < -0.4 is 14.2 Å². The van der Waals surface area contributed by atoms with Gasteiger partial charge in [-0.2, -0.15) is 0 Å². The van der Waals surface area contributed by atoms with Crippen LogP contribution in [0.3, 0.4) is 0 Å². The van der Waals surface area contributed by atoms with Gasteiger partial charge in [0.15, 0.2) is 11.5 Å². The van der Waals surface area contributed by atoms with Crippen molar-refractivity contribution >= 4 is 5.97 Å². The summed E-state index contributed by atoms with van der Waals surface area (Å²) in [6.45, 7) is 0. The van der Waals surface area contributed by atoms with Crippen LogP contribution in [0.1, 0.15) is 10.4 Å². The molecule has 0 atom stereocenters. The molecule has 7 heteroatoms. The van der Waals surface area contributed by atoms with Gasteiger partial charge in [0.25, 0.3) is 0 Å². The third-order valence-electron chi connectivity index (χ3n) is 2.91. The Bertz CT molecular complexity index is 624. The second-order valence-corrected chi connectivity index (χ2v) is 3.98. The zero-order valence-corrected chi connectivity index (χ0v) is 12.1. The fourth-order valence-corrected chi connectivity index (χ4v) is 1.92. The molecule has 0 fully saturated rings. The molecular weight excluding hydrogens is 278 g/mol. The summed E-state index contributed by atoms with van der Waals surface area (Å²) >= 11 is 0. The highest BCUT2D eigenvalue weighted by atomic mass is 16.5. The van der Waals surface area contributed by atoms with Gasteiger partial charge in [0, 0.05) is 5.56 Å². The summed E-state index contributed by atoms with van der Waals surface area (Å²) in [5.74, 6) is 0.809. The minimum atomic E-state index is -0.542. The summed E-state index contributed by atoms with van der Waals surface area (Å²) in [5, 5.41) is 3.83. The molecule has 7 nitrogen and oxygen atoms in total. The third-order valence-corrected chi connectivity index (χ3v) is 2.91. The minimum Gasteiger partial charge on any atom is -0.493 e. The average molecular weight is 293 g/mol. The van der Waals surface area contributed by atoms with Crippen LogP contribution in [0, 0.1) is 0 Å². The first-order valence-corrected chi connectivity index (χ1v) is 5.99. The van der Waals surface area contributed by atoms with E-state index in [2.05, 4.69) is 9.89 Å². The standard InChI is InChI=1S/C14H15NO6/c1-17-10-5-8(6-11(18-2)13(10)19-3)12-9(7-21-15-12)14(16)20-4/h5-7H,1-4H3. The van der Waals surface area contributed by atoms with Gasteiger partial charge in [-0.1, -0.05) is 5.16 Å². The van der Waals surface area contributed by atoms with Crippen LogP contribution in [0.5, 0.6) is 17.2 Å². The van der Waals surface area contributed by atoms with Crippen LogP contribution in [-0.4, -0.2) is 39.6 Å². The molecule has 2 rings (SSSR count). The number of benzene rings is 1. The number of nitrogens with zero attached hydrogens (tertiary/aromatic N) is 1. The molecule has 21 heavy (non-hydrogen) atoms. The van der Waals surface area contributed by atoms with Crippen LogP contribution in [0.4, 0.5) is 0 Å². The van der Waals surface area contributed by atoms with E-state index in [9.17, 15) is 4.79 Å². The quantitative estimate of drug-likeness (QED) is 0.781. The molecule has 0 aliphatic rings. The van der Waals surface area contributed by atoms with E-state index in [4.69, 9.17) is 18.7 Å². The van der Waals surface area contributed by atoms with E-state index in [0.29, 0.717) is 28.5 Å². The largest absolute Gasteiger partial charge is 0.493 e. The number of esters is 1. The van der Waals surface area contributed by atoms with Gasteiger partial charge in [0.1, 0.15) is 17.5 Å². The second kappa shape index (κ2) is 6.17. The number of carbonyl (C=O) groups is 1. The Balaban J connectivity index is 2.60. The molecule has 0 saturated carbocycles. The maximum Gasteiger partial charge on any atom is 0.343 e. The van der Waals surface area contributed by atoms with Crippen molar-refractivity contribution in [3.8, 4) is 28.5 Å². The number of methoxy groups -OCH3 is 4. The number of hydrogen-bond donors (Lipinski definition) is 0. The molecule has 0 bridgehead atoms. The Labute approximate surface area is 121 Å². The smallest absolute Gasteiger partial charge is 0.343 e. The number of aromatic nitrogens is 1. The van der Waals surface area contributed by atoms with Gasteiger partial charge < -0.3 is 23.5 Å². The normalized spacial score (nSPS) is 10.1. The lowest BCUT2D eigenvalue weighted by atomic mass is 10.1. The maximum absolute atomic E-state index is 11.7. The molecule has 0 radical (unpaired) electrons. The molecular formula is C14H15NO6. The predicted octanol–water partition coefficient (Wildman–Crippen LogP) is 2.15. The molecule has 2 aromatic rings. The van der Waals surface area contributed by atoms with Crippen LogP contribution in [-0.2, 0) is 4.74 Å². The van der Waals surface area contributed by atoms with Crippen molar-refractivity contribution in [1.29, 1.82) is 0 Å². The topological polar surface area (TPSA) is 80.0 Å². The summed E-state index contributed by atoms with van der Waals surface area (Å²) in [6.07, 6.45) is 1.23. The SMILES string of the molecule is COC(=O)c1conc1-c1cc(OC)c(OC)c(OC)c1. The molecule has 0 unspecified atom stereocenters. The van der Waals surface area contributed by atoms with Gasteiger partial charge in [0.05, 0.1) is 28.4 Å². The summed E-state index contributed by atoms with van der Waals surface area (Å²) in [4.78, 5) is 11.7. The summed E-state index contributed by atoms with van der Waals surface area (Å²) in [7, 11) is 5.81. The van der Waals surface area contributed by atoms with Gasteiger partial charge in [0.2, 0.25) is 5.75 Å². The summed E-state index contributed by atoms with van der Waals surface area (Å²) < 4.78 is 25.3. The van der Waals surface area contributed by atoms with Gasteiger partial charge in [-0.3, -0.25) is 0 Å². The fraction of sp³-hybridized carbons (Fsp3) is 0.286. The van der Waals surface area contributed by atoms with Crippen molar-refractivity contribution in [2.24, 2.45) is 0 Å². The first kappa shape index (κ1) is 14.7. The van der Waals surface area contributed by atoms with Crippen molar-refractivity contribution in [3.05, 3.63) is 24.0 Å². The lowest BCUT2D eigenvalue weighted by Crippen LogP contribution is -2.02. The highest BCUT2D eigenvalue weighted by molar-refractivity contribution is 5.96. The molecule has 112 valence electrons. The molecule has 0 aliphatic heterocycles. The zero-order valence-electron chi connectivity index (χ0n) is 12.1. The van der Waals surface area contributed by atoms with Crippen LogP contribution >= 0.6 is 0 Å². The van der Waals surface area contributed by atoms with E-state index < -0.39 is 5.97 Å². The summed E-state index contributed by atoms with van der Waals surface area (Å²) in [6, 6.07) is 3.34. The summed E-state index contributed by atoms with van der Waals surface area (Å²) in [5.41, 5.74) is 1.13. The van der Waals surface area contributed by atoms with E-state index in [0.717, 1.165) is 0 Å². The third kappa shape index (κ3) is 2.62. The van der Waals surface area contributed by atoms with Gasteiger partial charge in [-0.25, -0.2) is 4.79 Å². The lowest BCUT2D eigenvalue weighted by molar-refractivity contribution is 0.0600. The molecule has 1 heterocycles. The Kier molecular flexibility index (Phi) is 4.32. The Morgan fingerprint density at radius 3 is 2.14 bits per heavy atom. The van der Waals surface area contributed by atoms with E-state index in [1.165, 1.54) is 34.7 Å². The highest BCUT2D eigenvalue weighted by Gasteiger charge is 2.21. The van der Waals surface area contributed by atoms with Gasteiger partial charge >= 0.3 is 5.97 Å².